The maximum absolute atomic E-state index is 13.8. The fourth-order valence-electron chi connectivity index (χ4n) is 2.33. The number of nitriles is 1. The monoisotopic (exact) mass is 266 g/mol. The Morgan fingerprint density at radius 2 is 2.00 bits per heavy atom. The lowest BCUT2D eigenvalue weighted by Gasteiger charge is -2.29. The quantitative estimate of drug-likeness (QED) is 0.914. The second kappa shape index (κ2) is 5.98. The molecule has 0 saturated carbocycles. The van der Waals surface area contributed by atoms with E-state index in [1.165, 1.54) is 12.1 Å². The van der Waals surface area contributed by atoms with Gasteiger partial charge in [-0.05, 0) is 37.8 Å². The molecular weight excluding hydrogens is 250 g/mol. The predicted octanol–water partition coefficient (Wildman–Crippen LogP) is 3.06. The van der Waals surface area contributed by atoms with Crippen LogP contribution in [0.15, 0.2) is 12.1 Å². The maximum Gasteiger partial charge on any atom is 0.183 e. The number of benzene rings is 1. The fourth-order valence-corrected chi connectivity index (χ4v) is 2.33. The summed E-state index contributed by atoms with van der Waals surface area (Å²) >= 11 is 0. The van der Waals surface area contributed by atoms with Crippen molar-refractivity contribution in [3.8, 4) is 6.07 Å². The minimum Gasteiger partial charge on any atom is -0.381 e. The lowest BCUT2D eigenvalue weighted by molar-refractivity contribution is 0.0622. The van der Waals surface area contributed by atoms with Crippen molar-refractivity contribution >= 4 is 5.69 Å². The number of anilines is 1. The molecule has 0 amide bonds. The Hall–Kier alpha value is -1.67. The van der Waals surface area contributed by atoms with Crippen molar-refractivity contribution < 1.29 is 13.5 Å². The lowest BCUT2D eigenvalue weighted by Crippen LogP contribution is -2.31. The molecule has 1 aliphatic rings. The first-order valence-electron chi connectivity index (χ1n) is 6.36. The van der Waals surface area contributed by atoms with E-state index < -0.39 is 11.6 Å². The maximum atomic E-state index is 13.8. The summed E-state index contributed by atoms with van der Waals surface area (Å²) in [4.78, 5) is 0. The molecule has 1 atom stereocenters. The highest BCUT2D eigenvalue weighted by atomic mass is 19.2. The van der Waals surface area contributed by atoms with Crippen LogP contribution in [-0.4, -0.2) is 19.3 Å². The summed E-state index contributed by atoms with van der Waals surface area (Å²) in [7, 11) is 0. The molecular formula is C14H16F2N2O. The number of hydrogen-bond donors (Lipinski definition) is 1. The molecule has 1 fully saturated rings. The smallest absolute Gasteiger partial charge is 0.183 e. The van der Waals surface area contributed by atoms with Gasteiger partial charge in [-0.3, -0.25) is 0 Å². The summed E-state index contributed by atoms with van der Waals surface area (Å²) in [6.45, 7) is 3.37. The molecule has 0 aliphatic carbocycles. The van der Waals surface area contributed by atoms with Crippen LogP contribution in [0.25, 0.3) is 0 Å². The molecule has 0 radical (unpaired) electrons. The number of halogens is 2. The van der Waals surface area contributed by atoms with Crippen molar-refractivity contribution in [2.45, 2.75) is 25.8 Å². The van der Waals surface area contributed by atoms with E-state index in [1.807, 2.05) is 6.92 Å². The van der Waals surface area contributed by atoms with E-state index in [2.05, 4.69) is 5.32 Å². The van der Waals surface area contributed by atoms with E-state index in [0.29, 0.717) is 19.1 Å². The second-order valence-electron chi connectivity index (χ2n) is 4.78. The molecule has 5 heteroatoms. The van der Waals surface area contributed by atoms with E-state index in [1.54, 1.807) is 6.07 Å². The van der Waals surface area contributed by atoms with Crippen LogP contribution < -0.4 is 5.32 Å². The third-order valence-electron chi connectivity index (χ3n) is 3.56. The molecule has 1 saturated heterocycles. The van der Waals surface area contributed by atoms with Crippen LogP contribution in [-0.2, 0) is 4.74 Å². The van der Waals surface area contributed by atoms with Gasteiger partial charge in [0.1, 0.15) is 6.07 Å². The number of rotatable bonds is 3. The first kappa shape index (κ1) is 13.8. The summed E-state index contributed by atoms with van der Waals surface area (Å²) in [5, 5.41) is 11.6. The standard InChI is InChI=1S/C14H16F2N2O/c1-9(10-4-6-19-7-5-10)18-12-3-2-11(8-17)13(15)14(12)16/h2-3,9-10,18H,4-7H2,1H3. The van der Waals surface area contributed by atoms with E-state index in [9.17, 15) is 8.78 Å². The van der Waals surface area contributed by atoms with Crippen LogP contribution in [0.2, 0.25) is 0 Å². The summed E-state index contributed by atoms with van der Waals surface area (Å²) < 4.78 is 32.5. The predicted molar refractivity (Wildman–Crippen MR) is 67.7 cm³/mol. The van der Waals surface area contributed by atoms with Crippen molar-refractivity contribution in [1.29, 1.82) is 5.26 Å². The minimum absolute atomic E-state index is 0.0331. The Labute approximate surface area is 111 Å². The Bertz CT molecular complexity index is 493. The molecule has 3 nitrogen and oxygen atoms in total. The highest BCUT2D eigenvalue weighted by molar-refractivity contribution is 5.50. The van der Waals surface area contributed by atoms with Crippen LogP contribution in [0.1, 0.15) is 25.3 Å². The van der Waals surface area contributed by atoms with Gasteiger partial charge in [0, 0.05) is 19.3 Å². The molecule has 1 aromatic rings. The molecule has 19 heavy (non-hydrogen) atoms. The Morgan fingerprint density at radius 1 is 1.32 bits per heavy atom. The zero-order chi connectivity index (χ0) is 13.8. The van der Waals surface area contributed by atoms with Crippen LogP contribution in [0, 0.1) is 28.9 Å². The van der Waals surface area contributed by atoms with Crippen molar-refractivity contribution in [1.82, 2.24) is 0 Å². The van der Waals surface area contributed by atoms with E-state index in [4.69, 9.17) is 10.00 Å². The van der Waals surface area contributed by atoms with Crippen molar-refractivity contribution in [2.24, 2.45) is 5.92 Å². The van der Waals surface area contributed by atoms with Crippen molar-refractivity contribution in [3.05, 3.63) is 29.3 Å². The van der Waals surface area contributed by atoms with E-state index in [-0.39, 0.29) is 17.3 Å². The molecule has 2 rings (SSSR count). The first-order valence-corrected chi connectivity index (χ1v) is 6.36. The van der Waals surface area contributed by atoms with Gasteiger partial charge in [-0.25, -0.2) is 8.78 Å². The molecule has 1 aliphatic heterocycles. The summed E-state index contributed by atoms with van der Waals surface area (Å²) in [6.07, 6.45) is 1.82. The minimum atomic E-state index is -1.09. The zero-order valence-corrected chi connectivity index (χ0v) is 10.7. The van der Waals surface area contributed by atoms with Gasteiger partial charge in [-0.15, -0.1) is 0 Å². The fraction of sp³-hybridized carbons (Fsp3) is 0.500. The van der Waals surface area contributed by atoms with Gasteiger partial charge < -0.3 is 10.1 Å². The molecule has 1 aromatic carbocycles. The van der Waals surface area contributed by atoms with Crippen LogP contribution in [0.5, 0.6) is 0 Å². The first-order chi connectivity index (χ1) is 9.13. The molecule has 0 aromatic heterocycles. The lowest BCUT2D eigenvalue weighted by atomic mass is 9.93. The number of hydrogen-bond acceptors (Lipinski definition) is 3. The molecule has 0 bridgehead atoms. The second-order valence-corrected chi connectivity index (χ2v) is 4.78. The highest BCUT2D eigenvalue weighted by Gasteiger charge is 2.22. The van der Waals surface area contributed by atoms with Gasteiger partial charge in [0.05, 0.1) is 11.3 Å². The number of nitrogens with one attached hydrogen (secondary N) is 1. The SMILES string of the molecule is CC(Nc1ccc(C#N)c(F)c1F)C1CCOCC1. The van der Waals surface area contributed by atoms with Gasteiger partial charge in [0.2, 0.25) is 0 Å². The van der Waals surface area contributed by atoms with E-state index >= 15 is 0 Å². The average Bonchev–Trinajstić information content (AvgIpc) is 2.45. The van der Waals surface area contributed by atoms with Crippen molar-refractivity contribution in [3.63, 3.8) is 0 Å². The Kier molecular flexibility index (Phi) is 4.33. The zero-order valence-electron chi connectivity index (χ0n) is 10.7. The third kappa shape index (κ3) is 3.02. The Morgan fingerprint density at radius 3 is 2.63 bits per heavy atom. The van der Waals surface area contributed by atoms with Gasteiger partial charge in [0.15, 0.2) is 11.6 Å². The molecule has 1 N–H and O–H groups in total. The Balaban J connectivity index is 2.10. The normalized spacial score (nSPS) is 17.8. The average molecular weight is 266 g/mol. The molecule has 1 unspecified atom stereocenters. The van der Waals surface area contributed by atoms with Gasteiger partial charge >= 0.3 is 0 Å². The third-order valence-corrected chi connectivity index (χ3v) is 3.56. The van der Waals surface area contributed by atoms with Gasteiger partial charge in [-0.1, -0.05) is 0 Å². The van der Waals surface area contributed by atoms with Crippen molar-refractivity contribution in [2.75, 3.05) is 18.5 Å². The largest absolute Gasteiger partial charge is 0.381 e. The van der Waals surface area contributed by atoms with Crippen LogP contribution >= 0.6 is 0 Å². The number of ether oxygens (including phenoxy) is 1. The van der Waals surface area contributed by atoms with Crippen LogP contribution in [0.4, 0.5) is 14.5 Å². The van der Waals surface area contributed by atoms with Crippen LogP contribution in [0.3, 0.4) is 0 Å². The molecule has 1 heterocycles. The number of nitrogens with zero attached hydrogens (tertiary/aromatic N) is 1. The van der Waals surface area contributed by atoms with Gasteiger partial charge in [0.25, 0.3) is 0 Å². The summed E-state index contributed by atoms with van der Waals surface area (Å²) in [6, 6.07) is 4.35. The summed E-state index contributed by atoms with van der Waals surface area (Å²) in [5.41, 5.74) is -0.169. The highest BCUT2D eigenvalue weighted by Crippen LogP contribution is 2.25. The summed E-state index contributed by atoms with van der Waals surface area (Å²) in [5.74, 6) is -1.70. The van der Waals surface area contributed by atoms with E-state index in [0.717, 1.165) is 12.8 Å². The molecule has 0 spiro atoms. The van der Waals surface area contributed by atoms with Gasteiger partial charge in [-0.2, -0.15) is 5.26 Å². The topological polar surface area (TPSA) is 45.0 Å². The molecule has 102 valence electrons.